The molecule has 4 rings (SSSR count). The number of nitrogens with zero attached hydrogens (tertiary/aromatic N) is 6. The molecular weight excluding hydrogens is 336 g/mol. The van der Waals surface area contributed by atoms with E-state index in [0.29, 0.717) is 11.4 Å². The van der Waals surface area contributed by atoms with Crippen LogP contribution in [0.2, 0.25) is 0 Å². The number of pyridine rings is 1. The largest absolute Gasteiger partial charge is 0.482 e. The summed E-state index contributed by atoms with van der Waals surface area (Å²) in [6, 6.07) is 3.50. The first-order valence-electron chi connectivity index (χ1n) is 8.17. The number of β-amino-alcohol motifs (C(OH)–C–C–N with tert-alkyl or cyclic N) is 1. The topological polar surface area (TPSA) is 98.3 Å². The van der Waals surface area contributed by atoms with Crippen molar-refractivity contribution in [3.05, 3.63) is 55.1 Å². The summed E-state index contributed by atoms with van der Waals surface area (Å²) in [5.41, 5.74) is 1.11. The summed E-state index contributed by atoms with van der Waals surface area (Å²) in [6.45, 7) is 0.479. The fourth-order valence-electron chi connectivity index (χ4n) is 2.94. The Labute approximate surface area is 149 Å². The van der Waals surface area contributed by atoms with Gasteiger partial charge in [-0.2, -0.15) is 5.10 Å². The van der Waals surface area contributed by atoms with Gasteiger partial charge in [0.1, 0.15) is 17.9 Å². The van der Waals surface area contributed by atoms with E-state index in [1.165, 1.54) is 0 Å². The van der Waals surface area contributed by atoms with E-state index >= 15 is 0 Å². The van der Waals surface area contributed by atoms with Crippen LogP contribution < -0.4 is 4.74 Å². The maximum Gasteiger partial charge on any atom is 0.272 e. The Morgan fingerprint density at radius 2 is 2.23 bits per heavy atom. The van der Waals surface area contributed by atoms with Crippen molar-refractivity contribution in [2.75, 3.05) is 13.1 Å². The van der Waals surface area contributed by atoms with Crippen molar-refractivity contribution in [3.63, 3.8) is 0 Å². The lowest BCUT2D eigenvalue weighted by Gasteiger charge is -2.16. The van der Waals surface area contributed by atoms with Crippen LogP contribution in [0, 0.1) is 0 Å². The van der Waals surface area contributed by atoms with E-state index in [1.807, 2.05) is 0 Å². The zero-order chi connectivity index (χ0) is 18.1. The molecule has 4 heterocycles. The van der Waals surface area contributed by atoms with Crippen LogP contribution >= 0.6 is 0 Å². The zero-order valence-corrected chi connectivity index (χ0v) is 14.1. The minimum Gasteiger partial charge on any atom is -0.482 e. The maximum atomic E-state index is 12.8. The van der Waals surface area contributed by atoms with Gasteiger partial charge in [0.15, 0.2) is 5.75 Å². The second-order valence-corrected chi connectivity index (χ2v) is 6.15. The predicted molar refractivity (Wildman–Crippen MR) is 90.9 cm³/mol. The number of likely N-dealkylation sites (tertiary alicyclic amines) is 1. The van der Waals surface area contributed by atoms with E-state index in [4.69, 9.17) is 4.74 Å². The van der Waals surface area contributed by atoms with Crippen LogP contribution in [0.1, 0.15) is 10.5 Å². The van der Waals surface area contributed by atoms with Gasteiger partial charge in [0.2, 0.25) is 0 Å². The van der Waals surface area contributed by atoms with Crippen molar-refractivity contribution in [2.45, 2.75) is 12.2 Å². The molecule has 0 unspecified atom stereocenters. The third kappa shape index (κ3) is 3.16. The molecule has 134 valence electrons. The average molecular weight is 354 g/mol. The lowest BCUT2D eigenvalue weighted by atomic mass is 10.2. The molecule has 1 aliphatic heterocycles. The van der Waals surface area contributed by atoms with Crippen molar-refractivity contribution in [1.29, 1.82) is 0 Å². The Balaban J connectivity index is 1.48. The standard InChI is InChI=1S/C17H18N6O3/c1-21-8-13(7-20-21)26-16-10-23(9-15(16)24)17(25)14-6-12(2-3-19-14)22-5-4-18-11-22/h2-8,11,15-16,24H,9-10H2,1H3/t15-,16-/m1/s1. The number of carbonyl (C=O) groups is 1. The van der Waals surface area contributed by atoms with E-state index in [2.05, 4.69) is 15.1 Å². The number of aromatic nitrogens is 5. The lowest BCUT2D eigenvalue weighted by Crippen LogP contribution is -2.31. The predicted octanol–water partition coefficient (Wildman–Crippen LogP) is 0.265. The molecule has 3 aromatic rings. The van der Waals surface area contributed by atoms with Crippen molar-refractivity contribution in [3.8, 4) is 11.4 Å². The highest BCUT2D eigenvalue weighted by molar-refractivity contribution is 5.93. The Bertz CT molecular complexity index is 907. The van der Waals surface area contributed by atoms with Gasteiger partial charge in [-0.15, -0.1) is 0 Å². The van der Waals surface area contributed by atoms with Crippen LogP contribution in [0.5, 0.6) is 5.75 Å². The van der Waals surface area contributed by atoms with E-state index in [-0.39, 0.29) is 19.0 Å². The maximum absolute atomic E-state index is 12.8. The third-order valence-corrected chi connectivity index (χ3v) is 4.26. The molecule has 0 aliphatic carbocycles. The summed E-state index contributed by atoms with van der Waals surface area (Å²) in [4.78, 5) is 22.5. The van der Waals surface area contributed by atoms with Crippen LogP contribution in [-0.2, 0) is 7.05 Å². The van der Waals surface area contributed by atoms with Gasteiger partial charge in [0.05, 0.1) is 37.5 Å². The number of amides is 1. The minimum absolute atomic E-state index is 0.195. The van der Waals surface area contributed by atoms with E-state index in [1.54, 1.807) is 70.6 Å². The zero-order valence-electron chi connectivity index (χ0n) is 14.1. The first-order chi connectivity index (χ1) is 12.6. The quantitative estimate of drug-likeness (QED) is 0.722. The Morgan fingerprint density at radius 3 is 2.96 bits per heavy atom. The van der Waals surface area contributed by atoms with Crippen LogP contribution in [0.3, 0.4) is 0 Å². The smallest absolute Gasteiger partial charge is 0.272 e. The number of aliphatic hydroxyl groups excluding tert-OH is 1. The molecule has 1 N–H and O–H groups in total. The molecule has 1 amide bonds. The molecular formula is C17H18N6O3. The van der Waals surface area contributed by atoms with Crippen LogP contribution in [0.25, 0.3) is 5.69 Å². The highest BCUT2D eigenvalue weighted by atomic mass is 16.5. The molecule has 3 aromatic heterocycles. The number of hydrogen-bond donors (Lipinski definition) is 1. The normalized spacial score (nSPS) is 19.7. The SMILES string of the molecule is Cn1cc(O[C@@H]2CN(C(=O)c3cc(-n4ccnc4)ccn3)C[C@H]2O)cn1. The van der Waals surface area contributed by atoms with Gasteiger partial charge in [-0.1, -0.05) is 0 Å². The number of aryl methyl sites for hydroxylation is 1. The summed E-state index contributed by atoms with van der Waals surface area (Å²) < 4.78 is 9.16. The van der Waals surface area contributed by atoms with Gasteiger partial charge >= 0.3 is 0 Å². The molecule has 9 nitrogen and oxygen atoms in total. The fourth-order valence-corrected chi connectivity index (χ4v) is 2.94. The van der Waals surface area contributed by atoms with Crippen molar-refractivity contribution in [2.24, 2.45) is 7.05 Å². The molecule has 1 saturated heterocycles. The highest BCUT2D eigenvalue weighted by Crippen LogP contribution is 2.20. The molecule has 0 aromatic carbocycles. The monoisotopic (exact) mass is 354 g/mol. The second-order valence-electron chi connectivity index (χ2n) is 6.15. The van der Waals surface area contributed by atoms with Crippen LogP contribution in [0.4, 0.5) is 0 Å². The van der Waals surface area contributed by atoms with Gasteiger partial charge in [-0.25, -0.2) is 4.98 Å². The van der Waals surface area contributed by atoms with Crippen molar-refractivity contribution < 1.29 is 14.6 Å². The first-order valence-corrected chi connectivity index (χ1v) is 8.17. The number of rotatable bonds is 4. The number of aliphatic hydroxyl groups is 1. The summed E-state index contributed by atoms with van der Waals surface area (Å²) in [5, 5.41) is 14.3. The molecule has 9 heteroatoms. The molecule has 2 atom stereocenters. The molecule has 0 radical (unpaired) electrons. The number of carbonyl (C=O) groups excluding carboxylic acids is 1. The van der Waals surface area contributed by atoms with Crippen LogP contribution in [-0.4, -0.2) is 65.5 Å². The Kier molecular flexibility index (Phi) is 4.13. The molecule has 1 aliphatic rings. The van der Waals surface area contributed by atoms with Gasteiger partial charge in [0, 0.05) is 25.6 Å². The summed E-state index contributed by atoms with van der Waals surface area (Å²) in [5.74, 6) is 0.314. The highest BCUT2D eigenvalue weighted by Gasteiger charge is 2.36. The number of ether oxygens (including phenoxy) is 1. The third-order valence-electron chi connectivity index (χ3n) is 4.26. The molecule has 0 spiro atoms. The number of imidazole rings is 1. The van der Waals surface area contributed by atoms with Gasteiger partial charge in [0.25, 0.3) is 5.91 Å². The fraction of sp³-hybridized carbons (Fsp3) is 0.294. The van der Waals surface area contributed by atoms with Crippen molar-refractivity contribution in [1.82, 2.24) is 29.2 Å². The van der Waals surface area contributed by atoms with Gasteiger partial charge in [-0.05, 0) is 12.1 Å². The Morgan fingerprint density at radius 1 is 1.35 bits per heavy atom. The molecule has 0 saturated carbocycles. The van der Waals surface area contributed by atoms with Crippen LogP contribution in [0.15, 0.2) is 49.4 Å². The molecule has 1 fully saturated rings. The second kappa shape index (κ2) is 6.60. The summed E-state index contributed by atoms with van der Waals surface area (Å²) >= 11 is 0. The summed E-state index contributed by atoms with van der Waals surface area (Å²) in [6.07, 6.45) is 8.72. The van der Waals surface area contributed by atoms with E-state index in [9.17, 15) is 9.90 Å². The first kappa shape index (κ1) is 16.3. The Hall–Kier alpha value is -3.20. The molecule has 0 bridgehead atoms. The van der Waals surface area contributed by atoms with E-state index in [0.717, 1.165) is 5.69 Å². The van der Waals surface area contributed by atoms with E-state index < -0.39 is 12.2 Å². The lowest BCUT2D eigenvalue weighted by molar-refractivity contribution is 0.0728. The summed E-state index contributed by atoms with van der Waals surface area (Å²) in [7, 11) is 1.78. The minimum atomic E-state index is -0.768. The van der Waals surface area contributed by atoms with Gasteiger partial charge in [-0.3, -0.25) is 14.5 Å². The number of hydrogen-bond acceptors (Lipinski definition) is 6. The van der Waals surface area contributed by atoms with Gasteiger partial charge < -0.3 is 19.3 Å². The van der Waals surface area contributed by atoms with Crippen molar-refractivity contribution >= 4 is 5.91 Å². The average Bonchev–Trinajstić information content (AvgIpc) is 3.38. The molecule has 26 heavy (non-hydrogen) atoms.